The maximum atomic E-state index is 12.0. The van der Waals surface area contributed by atoms with Gasteiger partial charge in [-0.15, -0.1) is 0 Å². The van der Waals surface area contributed by atoms with Crippen molar-refractivity contribution in [2.45, 2.75) is 19.5 Å². The molecule has 0 aromatic rings. The summed E-state index contributed by atoms with van der Waals surface area (Å²) in [7, 11) is 0. The van der Waals surface area contributed by atoms with Crippen LogP contribution in [-0.4, -0.2) is 18.7 Å². The van der Waals surface area contributed by atoms with Crippen LogP contribution in [0.2, 0.25) is 0 Å². The molecular formula is C6H9FO2. The first-order valence-corrected chi connectivity index (χ1v) is 3.06. The van der Waals surface area contributed by atoms with Gasteiger partial charge in [-0.05, 0) is 13.3 Å². The number of carbonyl (C=O) groups excluding carboxylic acids is 1. The smallest absolute Gasteiger partial charge is 0.311 e. The fourth-order valence-electron chi connectivity index (χ4n) is 0.657. The number of esters is 1. The molecule has 0 spiro atoms. The number of alkyl halides is 1. The first-order valence-electron chi connectivity index (χ1n) is 3.06. The van der Waals surface area contributed by atoms with Gasteiger partial charge in [0.05, 0.1) is 12.5 Å². The van der Waals surface area contributed by atoms with E-state index < -0.39 is 12.1 Å². The lowest BCUT2D eigenvalue weighted by atomic mass is 10.4. The quantitative estimate of drug-likeness (QED) is 0.522. The van der Waals surface area contributed by atoms with Crippen LogP contribution >= 0.6 is 0 Å². The summed E-state index contributed by atoms with van der Waals surface area (Å²) in [5.74, 6) is -0.824. The van der Waals surface area contributed by atoms with E-state index in [1.54, 1.807) is 6.92 Å². The Balaban J connectivity index is 2.20. The molecule has 2 atom stereocenters. The van der Waals surface area contributed by atoms with E-state index >= 15 is 0 Å². The molecule has 0 bridgehead atoms. The Kier molecular flexibility index (Phi) is 1.69. The average Bonchev–Trinajstić information content (AvgIpc) is 2.47. The van der Waals surface area contributed by atoms with Gasteiger partial charge in [-0.3, -0.25) is 4.79 Å². The number of hydrogen-bond donors (Lipinski definition) is 0. The van der Waals surface area contributed by atoms with Crippen LogP contribution in [0.4, 0.5) is 4.39 Å². The van der Waals surface area contributed by atoms with E-state index in [1.807, 2.05) is 0 Å². The zero-order valence-electron chi connectivity index (χ0n) is 5.26. The molecule has 0 aliphatic heterocycles. The second-order valence-corrected chi connectivity index (χ2v) is 2.11. The van der Waals surface area contributed by atoms with Crippen LogP contribution in [-0.2, 0) is 9.53 Å². The SMILES string of the molecule is CCOC(=O)[C@H]1C[C@H]1F. The Morgan fingerprint density at radius 3 is 2.78 bits per heavy atom. The van der Waals surface area contributed by atoms with Crippen LogP contribution in [0.15, 0.2) is 0 Å². The molecule has 3 heteroatoms. The van der Waals surface area contributed by atoms with Gasteiger partial charge in [-0.25, -0.2) is 4.39 Å². The first kappa shape index (κ1) is 6.52. The van der Waals surface area contributed by atoms with Crippen LogP contribution in [0, 0.1) is 5.92 Å². The second kappa shape index (κ2) is 2.33. The molecule has 0 amide bonds. The summed E-state index contributed by atoms with van der Waals surface area (Å²) in [5, 5.41) is 0. The van der Waals surface area contributed by atoms with Gasteiger partial charge in [0.2, 0.25) is 0 Å². The van der Waals surface area contributed by atoms with Crippen molar-refractivity contribution < 1.29 is 13.9 Å². The highest BCUT2D eigenvalue weighted by atomic mass is 19.1. The largest absolute Gasteiger partial charge is 0.466 e. The topological polar surface area (TPSA) is 26.3 Å². The minimum Gasteiger partial charge on any atom is -0.466 e. The summed E-state index contributed by atoms with van der Waals surface area (Å²) < 4.78 is 16.6. The standard InChI is InChI=1S/C6H9FO2/c1-2-9-6(8)4-3-5(4)7/h4-5H,2-3H2,1H3/t4-,5+/m0/s1. The summed E-state index contributed by atoms with van der Waals surface area (Å²) in [6.45, 7) is 2.07. The molecule has 0 unspecified atom stereocenters. The molecule has 0 N–H and O–H groups in total. The maximum Gasteiger partial charge on any atom is 0.311 e. The molecular weight excluding hydrogens is 123 g/mol. The number of hydrogen-bond acceptors (Lipinski definition) is 2. The van der Waals surface area contributed by atoms with Gasteiger partial charge in [-0.2, -0.15) is 0 Å². The van der Waals surface area contributed by atoms with Crippen molar-refractivity contribution >= 4 is 5.97 Å². The van der Waals surface area contributed by atoms with Gasteiger partial charge in [-0.1, -0.05) is 0 Å². The van der Waals surface area contributed by atoms with Crippen molar-refractivity contribution in [3.05, 3.63) is 0 Å². The van der Waals surface area contributed by atoms with Crippen molar-refractivity contribution in [1.29, 1.82) is 0 Å². The van der Waals surface area contributed by atoms with Gasteiger partial charge < -0.3 is 4.74 Å². The van der Waals surface area contributed by atoms with E-state index in [1.165, 1.54) is 0 Å². The van der Waals surface area contributed by atoms with E-state index in [2.05, 4.69) is 4.74 Å². The fraction of sp³-hybridized carbons (Fsp3) is 0.833. The van der Waals surface area contributed by atoms with Crippen LogP contribution in [0.5, 0.6) is 0 Å². The Bertz CT molecular complexity index is 124. The highest BCUT2D eigenvalue weighted by Crippen LogP contribution is 2.34. The zero-order chi connectivity index (χ0) is 6.85. The monoisotopic (exact) mass is 132 g/mol. The molecule has 1 aliphatic rings. The van der Waals surface area contributed by atoms with Crippen LogP contribution in [0.3, 0.4) is 0 Å². The summed E-state index contributed by atoms with van der Waals surface area (Å²) >= 11 is 0. The number of halogens is 1. The molecule has 0 saturated heterocycles. The van der Waals surface area contributed by atoms with Crippen LogP contribution in [0.25, 0.3) is 0 Å². The lowest BCUT2D eigenvalue weighted by molar-refractivity contribution is -0.145. The molecule has 0 heterocycles. The molecule has 1 aliphatic carbocycles. The summed E-state index contributed by atoms with van der Waals surface area (Å²) in [6.07, 6.45) is -0.567. The second-order valence-electron chi connectivity index (χ2n) is 2.11. The average molecular weight is 132 g/mol. The molecule has 0 aromatic carbocycles. The third-order valence-corrected chi connectivity index (χ3v) is 1.30. The molecule has 52 valence electrons. The predicted molar refractivity (Wildman–Crippen MR) is 29.6 cm³/mol. The van der Waals surface area contributed by atoms with E-state index in [9.17, 15) is 9.18 Å². The van der Waals surface area contributed by atoms with E-state index in [4.69, 9.17) is 0 Å². The van der Waals surface area contributed by atoms with Gasteiger partial charge in [0, 0.05) is 0 Å². The molecule has 1 fully saturated rings. The number of ether oxygens (including phenoxy) is 1. The van der Waals surface area contributed by atoms with E-state index in [0.717, 1.165) is 0 Å². The fourth-order valence-corrected chi connectivity index (χ4v) is 0.657. The minimum absolute atomic E-state index is 0.349. The highest BCUT2D eigenvalue weighted by Gasteiger charge is 2.44. The molecule has 2 nitrogen and oxygen atoms in total. The lowest BCUT2D eigenvalue weighted by Gasteiger charge is -1.95. The van der Waals surface area contributed by atoms with Crippen LogP contribution in [0.1, 0.15) is 13.3 Å². The summed E-state index contributed by atoms with van der Waals surface area (Å²) in [4.78, 5) is 10.6. The third-order valence-electron chi connectivity index (χ3n) is 1.30. The molecule has 1 rings (SSSR count). The van der Waals surface area contributed by atoms with Crippen LogP contribution < -0.4 is 0 Å². The Hall–Kier alpha value is -0.600. The highest BCUT2D eigenvalue weighted by molar-refractivity contribution is 5.76. The molecule has 0 radical (unpaired) electrons. The maximum absolute atomic E-state index is 12.0. The first-order chi connectivity index (χ1) is 4.25. The van der Waals surface area contributed by atoms with Crippen molar-refractivity contribution in [1.82, 2.24) is 0 Å². The Morgan fingerprint density at radius 1 is 1.89 bits per heavy atom. The Morgan fingerprint density at radius 2 is 2.44 bits per heavy atom. The van der Waals surface area contributed by atoms with Gasteiger partial charge in [0.25, 0.3) is 0 Å². The Labute approximate surface area is 53.0 Å². The van der Waals surface area contributed by atoms with Gasteiger partial charge >= 0.3 is 5.97 Å². The predicted octanol–water partition coefficient (Wildman–Crippen LogP) is 0.908. The molecule has 1 saturated carbocycles. The normalized spacial score (nSPS) is 31.8. The summed E-state index contributed by atoms with van der Waals surface area (Å²) in [6, 6.07) is 0. The van der Waals surface area contributed by atoms with Crippen molar-refractivity contribution in [2.75, 3.05) is 6.61 Å². The van der Waals surface area contributed by atoms with Gasteiger partial charge in [0.15, 0.2) is 0 Å². The number of rotatable bonds is 2. The molecule has 0 aromatic heterocycles. The summed E-state index contributed by atoms with van der Waals surface area (Å²) in [5.41, 5.74) is 0. The minimum atomic E-state index is -0.927. The van der Waals surface area contributed by atoms with E-state index in [0.29, 0.717) is 13.0 Å². The van der Waals surface area contributed by atoms with Crippen molar-refractivity contribution in [3.8, 4) is 0 Å². The number of carbonyl (C=O) groups is 1. The van der Waals surface area contributed by atoms with Crippen molar-refractivity contribution in [3.63, 3.8) is 0 Å². The van der Waals surface area contributed by atoms with E-state index in [-0.39, 0.29) is 5.97 Å². The van der Waals surface area contributed by atoms with Crippen molar-refractivity contribution in [2.24, 2.45) is 5.92 Å². The zero-order valence-corrected chi connectivity index (χ0v) is 5.26. The lowest BCUT2D eigenvalue weighted by Crippen LogP contribution is -2.07. The molecule has 9 heavy (non-hydrogen) atoms. The van der Waals surface area contributed by atoms with Gasteiger partial charge in [0.1, 0.15) is 6.17 Å². The third kappa shape index (κ3) is 1.40.